The normalized spacial score (nSPS) is 16.6. The highest BCUT2D eigenvalue weighted by atomic mass is 16.6. The van der Waals surface area contributed by atoms with Crippen LogP contribution in [-0.2, 0) is 4.74 Å². The molecule has 2 heterocycles. The molecule has 2 atom stereocenters. The SMILES string of the molecule is CCOC(=O)c1c(C)[nH]c(C(=O)[C@@H](C)N(C)C[C@H]2COc3ccccc3O2)c1C. The van der Waals surface area contributed by atoms with Crippen LogP contribution in [0.15, 0.2) is 24.3 Å². The maximum atomic E-state index is 13.1. The number of benzene rings is 1. The Morgan fingerprint density at radius 1 is 1.28 bits per heavy atom. The molecular formula is C22H28N2O5. The summed E-state index contributed by atoms with van der Waals surface area (Å²) in [6, 6.07) is 7.15. The molecule has 0 spiro atoms. The standard InChI is InChI=1S/C22H28N2O5/c1-6-27-22(26)19-13(2)20(23-14(19)3)21(25)15(4)24(5)11-16-12-28-17-9-7-8-10-18(17)29-16/h7-10,15-16,23H,6,11-12H2,1-5H3/t15-,16+/m1/s1. The molecule has 29 heavy (non-hydrogen) atoms. The first-order valence-electron chi connectivity index (χ1n) is 9.82. The second kappa shape index (κ2) is 8.69. The molecule has 1 aliphatic rings. The summed E-state index contributed by atoms with van der Waals surface area (Å²) in [6.07, 6.45) is -0.174. The van der Waals surface area contributed by atoms with Crippen LogP contribution in [0.4, 0.5) is 0 Å². The van der Waals surface area contributed by atoms with Gasteiger partial charge in [0.1, 0.15) is 12.7 Å². The van der Waals surface area contributed by atoms with E-state index >= 15 is 0 Å². The number of fused-ring (bicyclic) bond motifs is 1. The van der Waals surface area contributed by atoms with E-state index in [1.807, 2.05) is 43.1 Å². The van der Waals surface area contributed by atoms with Gasteiger partial charge in [0.2, 0.25) is 0 Å². The lowest BCUT2D eigenvalue weighted by Crippen LogP contribution is -2.45. The lowest BCUT2D eigenvalue weighted by molar-refractivity contribution is 0.0520. The van der Waals surface area contributed by atoms with Crippen molar-refractivity contribution in [2.75, 3.05) is 26.8 Å². The number of para-hydroxylation sites is 2. The van der Waals surface area contributed by atoms with Crippen molar-refractivity contribution in [2.45, 2.75) is 39.8 Å². The number of Topliss-reactive ketones (excluding diaryl/α,β-unsaturated/α-hetero) is 1. The van der Waals surface area contributed by atoms with Crippen molar-refractivity contribution in [3.05, 3.63) is 46.8 Å². The molecule has 0 aliphatic carbocycles. The van der Waals surface area contributed by atoms with Crippen molar-refractivity contribution >= 4 is 11.8 Å². The van der Waals surface area contributed by atoms with Gasteiger partial charge in [-0.3, -0.25) is 9.69 Å². The Morgan fingerprint density at radius 2 is 1.97 bits per heavy atom. The highest BCUT2D eigenvalue weighted by molar-refractivity contribution is 6.03. The fourth-order valence-electron chi connectivity index (χ4n) is 3.55. The van der Waals surface area contributed by atoms with Crippen LogP contribution < -0.4 is 9.47 Å². The summed E-state index contributed by atoms with van der Waals surface area (Å²) in [5, 5.41) is 0. The van der Waals surface area contributed by atoms with Crippen LogP contribution in [0.3, 0.4) is 0 Å². The Labute approximate surface area is 170 Å². The number of carbonyl (C=O) groups is 2. The van der Waals surface area contributed by atoms with Crippen molar-refractivity contribution in [1.29, 1.82) is 0 Å². The number of rotatable bonds is 7. The highest BCUT2D eigenvalue weighted by Gasteiger charge is 2.30. The third kappa shape index (κ3) is 4.29. The van der Waals surface area contributed by atoms with Crippen LogP contribution in [0.25, 0.3) is 0 Å². The Morgan fingerprint density at radius 3 is 2.66 bits per heavy atom. The molecule has 156 valence electrons. The summed E-state index contributed by atoms with van der Waals surface area (Å²) in [4.78, 5) is 30.3. The van der Waals surface area contributed by atoms with E-state index in [-0.39, 0.29) is 18.5 Å². The van der Waals surface area contributed by atoms with Crippen molar-refractivity contribution in [1.82, 2.24) is 9.88 Å². The second-order valence-electron chi connectivity index (χ2n) is 7.32. The van der Waals surface area contributed by atoms with Gasteiger partial charge in [-0.05, 0) is 52.4 Å². The molecule has 0 saturated heterocycles. The smallest absolute Gasteiger partial charge is 0.340 e. The van der Waals surface area contributed by atoms with Gasteiger partial charge in [-0.1, -0.05) is 12.1 Å². The number of carbonyl (C=O) groups excluding carboxylic acids is 2. The fraction of sp³-hybridized carbons (Fsp3) is 0.455. The molecule has 0 saturated carbocycles. The topological polar surface area (TPSA) is 80.9 Å². The molecule has 0 amide bonds. The van der Waals surface area contributed by atoms with E-state index in [1.54, 1.807) is 20.8 Å². The second-order valence-corrected chi connectivity index (χ2v) is 7.32. The molecule has 7 heteroatoms. The summed E-state index contributed by atoms with van der Waals surface area (Å²) in [6.45, 7) is 8.39. The molecule has 1 aromatic carbocycles. The first kappa shape index (κ1) is 20.9. The van der Waals surface area contributed by atoms with Gasteiger partial charge in [0.25, 0.3) is 0 Å². The maximum absolute atomic E-state index is 13.1. The summed E-state index contributed by atoms with van der Waals surface area (Å²) < 4.78 is 16.9. The average molecular weight is 400 g/mol. The lowest BCUT2D eigenvalue weighted by atomic mass is 10.0. The van der Waals surface area contributed by atoms with Gasteiger partial charge >= 0.3 is 5.97 Å². The van der Waals surface area contributed by atoms with Crippen LogP contribution >= 0.6 is 0 Å². The van der Waals surface area contributed by atoms with E-state index in [4.69, 9.17) is 14.2 Å². The molecular weight excluding hydrogens is 372 g/mol. The average Bonchev–Trinajstić information content (AvgIpc) is 3.01. The monoisotopic (exact) mass is 400 g/mol. The summed E-state index contributed by atoms with van der Waals surface area (Å²) in [7, 11) is 1.88. The number of ketones is 1. The van der Waals surface area contributed by atoms with E-state index < -0.39 is 12.0 Å². The van der Waals surface area contributed by atoms with Crippen LogP contribution in [0.5, 0.6) is 11.5 Å². The van der Waals surface area contributed by atoms with Crippen molar-refractivity contribution in [3.63, 3.8) is 0 Å². The van der Waals surface area contributed by atoms with Gasteiger partial charge in [-0.25, -0.2) is 4.79 Å². The van der Waals surface area contributed by atoms with Gasteiger partial charge in [-0.2, -0.15) is 0 Å². The largest absolute Gasteiger partial charge is 0.486 e. The number of nitrogens with one attached hydrogen (secondary N) is 1. The molecule has 0 radical (unpaired) electrons. The molecule has 1 N–H and O–H groups in total. The lowest BCUT2D eigenvalue weighted by Gasteiger charge is -2.31. The van der Waals surface area contributed by atoms with Crippen LogP contribution in [0, 0.1) is 13.8 Å². The number of nitrogens with zero attached hydrogens (tertiary/aromatic N) is 1. The van der Waals surface area contributed by atoms with E-state index in [0.29, 0.717) is 41.4 Å². The Bertz CT molecular complexity index is 905. The molecule has 7 nitrogen and oxygen atoms in total. The number of H-pyrrole nitrogens is 1. The van der Waals surface area contributed by atoms with Gasteiger partial charge in [0.05, 0.1) is 23.9 Å². The molecule has 0 bridgehead atoms. The molecule has 3 rings (SSSR count). The Hall–Kier alpha value is -2.80. The van der Waals surface area contributed by atoms with Crippen molar-refractivity contribution in [3.8, 4) is 11.5 Å². The van der Waals surface area contributed by atoms with Crippen molar-refractivity contribution in [2.24, 2.45) is 0 Å². The van der Waals surface area contributed by atoms with E-state index in [0.717, 1.165) is 5.75 Å². The summed E-state index contributed by atoms with van der Waals surface area (Å²) in [5.41, 5.74) is 2.14. The zero-order valence-electron chi connectivity index (χ0n) is 17.6. The van der Waals surface area contributed by atoms with Crippen LogP contribution in [0.2, 0.25) is 0 Å². The number of aryl methyl sites for hydroxylation is 1. The van der Waals surface area contributed by atoms with Gasteiger partial charge in [0, 0.05) is 12.2 Å². The number of aromatic nitrogens is 1. The first-order valence-corrected chi connectivity index (χ1v) is 9.82. The van der Waals surface area contributed by atoms with Crippen molar-refractivity contribution < 1.29 is 23.8 Å². The molecule has 1 aliphatic heterocycles. The predicted molar refractivity (Wildman–Crippen MR) is 109 cm³/mol. The number of esters is 1. The van der Waals surface area contributed by atoms with E-state index in [9.17, 15) is 9.59 Å². The molecule has 2 aromatic rings. The van der Waals surface area contributed by atoms with Gasteiger partial charge in [-0.15, -0.1) is 0 Å². The quantitative estimate of drug-likeness (QED) is 0.568. The minimum Gasteiger partial charge on any atom is -0.486 e. The molecule has 1 aromatic heterocycles. The Balaban J connectivity index is 1.69. The first-order chi connectivity index (χ1) is 13.8. The minimum atomic E-state index is -0.412. The van der Waals surface area contributed by atoms with E-state index in [2.05, 4.69) is 4.98 Å². The zero-order valence-corrected chi connectivity index (χ0v) is 17.6. The third-order valence-electron chi connectivity index (χ3n) is 5.26. The predicted octanol–water partition coefficient (Wildman–Crippen LogP) is 3.15. The minimum absolute atomic E-state index is 0.0826. The van der Waals surface area contributed by atoms with Crippen LogP contribution in [0.1, 0.15) is 46.0 Å². The maximum Gasteiger partial charge on any atom is 0.340 e. The molecule has 0 fully saturated rings. The van der Waals surface area contributed by atoms with E-state index in [1.165, 1.54) is 0 Å². The number of aromatic amines is 1. The van der Waals surface area contributed by atoms with Crippen LogP contribution in [-0.4, -0.2) is 60.6 Å². The summed E-state index contributed by atoms with van der Waals surface area (Å²) in [5.74, 6) is 0.955. The number of ether oxygens (including phenoxy) is 3. The van der Waals surface area contributed by atoms with Gasteiger partial charge in [0.15, 0.2) is 17.3 Å². The molecule has 0 unspecified atom stereocenters. The van der Waals surface area contributed by atoms with Gasteiger partial charge < -0.3 is 19.2 Å². The Kier molecular flexibility index (Phi) is 6.27. The zero-order chi connectivity index (χ0) is 21.1. The summed E-state index contributed by atoms with van der Waals surface area (Å²) >= 11 is 0. The number of hydrogen-bond acceptors (Lipinski definition) is 6. The third-order valence-corrected chi connectivity index (χ3v) is 5.26. The highest BCUT2D eigenvalue weighted by Crippen LogP contribution is 2.31. The number of likely N-dealkylation sites (N-methyl/N-ethyl adjacent to an activating group) is 1. The number of hydrogen-bond donors (Lipinski definition) is 1. The fourth-order valence-corrected chi connectivity index (χ4v) is 3.55.